The topological polar surface area (TPSA) is 38.3 Å². The molecule has 0 aromatic heterocycles. The van der Waals surface area contributed by atoms with Gasteiger partial charge in [-0.25, -0.2) is 0 Å². The number of benzene rings is 1. The normalized spacial score (nSPS) is 18.2. The van der Waals surface area contributed by atoms with Gasteiger partial charge in [0, 0.05) is 10.5 Å². The molecule has 2 rings (SSSR count). The summed E-state index contributed by atoms with van der Waals surface area (Å²) < 4.78 is 5.93. The minimum atomic E-state index is -0.183. The Hall–Kier alpha value is -0.870. The smallest absolute Gasteiger partial charge is 0.323 e. The van der Waals surface area contributed by atoms with Crippen molar-refractivity contribution in [3.8, 4) is 0 Å². The van der Waals surface area contributed by atoms with Gasteiger partial charge in [-0.1, -0.05) is 34.1 Å². The molecular formula is C14H18BrNO2. The summed E-state index contributed by atoms with van der Waals surface area (Å²) in [5.74, 6) is 0.277. The van der Waals surface area contributed by atoms with Gasteiger partial charge < -0.3 is 4.74 Å². The molecule has 18 heavy (non-hydrogen) atoms. The maximum absolute atomic E-state index is 11.7. The molecule has 2 atom stereocenters. The van der Waals surface area contributed by atoms with Crippen LogP contribution in [0.2, 0.25) is 0 Å². The molecule has 1 aliphatic rings. The molecule has 4 heteroatoms. The Morgan fingerprint density at radius 2 is 2.11 bits per heavy atom. The van der Waals surface area contributed by atoms with E-state index in [9.17, 15) is 4.79 Å². The fraction of sp³-hybridized carbons (Fsp3) is 0.500. The van der Waals surface area contributed by atoms with Crippen LogP contribution in [0.3, 0.4) is 0 Å². The number of carbonyl (C=O) groups excluding carboxylic acids is 1. The maximum atomic E-state index is 11.7. The van der Waals surface area contributed by atoms with Crippen LogP contribution in [-0.4, -0.2) is 19.1 Å². The standard InChI is InChI=1S/C14H18BrNO2/c1-9(11-5-3-4-6-12(11)15)16-13(10-7-8-10)14(17)18-2/h3-6,9-10,13,16H,7-8H2,1-2H3/t9-,13?/m1/s1. The predicted molar refractivity (Wildman–Crippen MR) is 74.2 cm³/mol. The zero-order valence-corrected chi connectivity index (χ0v) is 12.2. The van der Waals surface area contributed by atoms with Crippen LogP contribution in [0.25, 0.3) is 0 Å². The lowest BCUT2D eigenvalue weighted by Gasteiger charge is -2.22. The van der Waals surface area contributed by atoms with Crippen LogP contribution in [0, 0.1) is 5.92 Å². The van der Waals surface area contributed by atoms with Crippen molar-refractivity contribution in [3.63, 3.8) is 0 Å². The molecule has 1 aromatic rings. The molecule has 1 unspecified atom stereocenters. The summed E-state index contributed by atoms with van der Waals surface area (Å²) >= 11 is 3.54. The molecule has 0 bridgehead atoms. The quantitative estimate of drug-likeness (QED) is 0.849. The Labute approximate surface area is 116 Å². The van der Waals surface area contributed by atoms with Gasteiger partial charge in [-0.15, -0.1) is 0 Å². The number of carbonyl (C=O) groups is 1. The molecule has 3 nitrogen and oxygen atoms in total. The Kier molecular flexibility index (Phi) is 4.40. The monoisotopic (exact) mass is 311 g/mol. The molecule has 1 aromatic carbocycles. The summed E-state index contributed by atoms with van der Waals surface area (Å²) in [7, 11) is 1.45. The molecule has 1 N–H and O–H groups in total. The van der Waals surface area contributed by atoms with E-state index >= 15 is 0 Å². The van der Waals surface area contributed by atoms with Crippen molar-refractivity contribution in [1.82, 2.24) is 5.32 Å². The molecule has 0 aliphatic heterocycles. The first-order valence-corrected chi connectivity index (χ1v) is 7.01. The van der Waals surface area contributed by atoms with E-state index in [4.69, 9.17) is 4.74 Å². The van der Waals surface area contributed by atoms with E-state index in [1.807, 2.05) is 18.2 Å². The number of nitrogens with one attached hydrogen (secondary N) is 1. The Morgan fingerprint density at radius 3 is 2.67 bits per heavy atom. The molecular weight excluding hydrogens is 294 g/mol. The third kappa shape index (κ3) is 3.12. The van der Waals surface area contributed by atoms with Crippen molar-refractivity contribution in [2.75, 3.05) is 7.11 Å². The first kappa shape index (κ1) is 13.6. The number of halogens is 1. The molecule has 0 heterocycles. The molecule has 1 fully saturated rings. The highest BCUT2D eigenvalue weighted by molar-refractivity contribution is 9.10. The number of rotatable bonds is 5. The first-order chi connectivity index (χ1) is 8.63. The maximum Gasteiger partial charge on any atom is 0.323 e. The Balaban J connectivity index is 2.07. The average Bonchev–Trinajstić information content (AvgIpc) is 3.19. The van der Waals surface area contributed by atoms with Gasteiger partial charge in [0.1, 0.15) is 6.04 Å². The minimum absolute atomic E-state index is 0.116. The minimum Gasteiger partial charge on any atom is -0.468 e. The number of hydrogen-bond acceptors (Lipinski definition) is 3. The van der Waals surface area contributed by atoms with Crippen LogP contribution in [0.15, 0.2) is 28.7 Å². The van der Waals surface area contributed by atoms with E-state index in [0.29, 0.717) is 5.92 Å². The molecule has 0 amide bonds. The van der Waals surface area contributed by atoms with Gasteiger partial charge in [0.25, 0.3) is 0 Å². The van der Waals surface area contributed by atoms with Gasteiger partial charge in [0.15, 0.2) is 0 Å². The number of esters is 1. The second-order valence-electron chi connectivity index (χ2n) is 4.75. The van der Waals surface area contributed by atoms with Crippen LogP contribution in [0.5, 0.6) is 0 Å². The molecule has 0 radical (unpaired) electrons. The Bertz CT molecular complexity index is 432. The van der Waals surface area contributed by atoms with Crippen molar-refractivity contribution in [3.05, 3.63) is 34.3 Å². The SMILES string of the molecule is COC(=O)C(N[C@H](C)c1ccccc1Br)C1CC1. The van der Waals surface area contributed by atoms with Crippen LogP contribution in [0.1, 0.15) is 31.4 Å². The lowest BCUT2D eigenvalue weighted by atomic mass is 10.1. The summed E-state index contributed by atoms with van der Waals surface area (Å²) in [4.78, 5) is 11.7. The summed E-state index contributed by atoms with van der Waals surface area (Å²) in [5.41, 5.74) is 1.16. The van der Waals surface area contributed by atoms with Crippen molar-refractivity contribution in [2.24, 2.45) is 5.92 Å². The highest BCUT2D eigenvalue weighted by atomic mass is 79.9. The largest absolute Gasteiger partial charge is 0.468 e. The van der Waals surface area contributed by atoms with E-state index in [2.05, 4.69) is 34.2 Å². The third-order valence-electron chi connectivity index (χ3n) is 3.35. The van der Waals surface area contributed by atoms with Crippen LogP contribution in [-0.2, 0) is 9.53 Å². The zero-order valence-electron chi connectivity index (χ0n) is 10.7. The van der Waals surface area contributed by atoms with Gasteiger partial charge >= 0.3 is 5.97 Å². The molecule has 0 spiro atoms. The number of methoxy groups -OCH3 is 1. The van der Waals surface area contributed by atoms with Gasteiger partial charge in [0.05, 0.1) is 7.11 Å². The third-order valence-corrected chi connectivity index (χ3v) is 4.07. The zero-order chi connectivity index (χ0) is 13.1. The second kappa shape index (κ2) is 5.85. The Morgan fingerprint density at radius 1 is 1.44 bits per heavy atom. The summed E-state index contributed by atoms with van der Waals surface area (Å²) in [6, 6.07) is 7.99. The van der Waals surface area contributed by atoms with Crippen molar-refractivity contribution in [1.29, 1.82) is 0 Å². The van der Waals surface area contributed by atoms with Crippen LogP contribution >= 0.6 is 15.9 Å². The number of hydrogen-bond donors (Lipinski definition) is 1. The van der Waals surface area contributed by atoms with Crippen LogP contribution < -0.4 is 5.32 Å². The molecule has 0 saturated heterocycles. The second-order valence-corrected chi connectivity index (χ2v) is 5.60. The van der Waals surface area contributed by atoms with Gasteiger partial charge in [-0.3, -0.25) is 10.1 Å². The molecule has 1 saturated carbocycles. The van der Waals surface area contributed by atoms with Gasteiger partial charge in [0.2, 0.25) is 0 Å². The van der Waals surface area contributed by atoms with Crippen molar-refractivity contribution >= 4 is 21.9 Å². The predicted octanol–water partition coefficient (Wildman–Crippen LogP) is 3.05. The van der Waals surface area contributed by atoms with Crippen LogP contribution in [0.4, 0.5) is 0 Å². The van der Waals surface area contributed by atoms with E-state index in [1.165, 1.54) is 7.11 Å². The lowest BCUT2D eigenvalue weighted by molar-refractivity contribution is -0.144. The van der Waals surface area contributed by atoms with E-state index < -0.39 is 0 Å². The lowest BCUT2D eigenvalue weighted by Crippen LogP contribution is -2.40. The summed E-state index contributed by atoms with van der Waals surface area (Å²) in [6.07, 6.45) is 2.21. The molecule has 98 valence electrons. The van der Waals surface area contributed by atoms with Gasteiger partial charge in [-0.2, -0.15) is 0 Å². The first-order valence-electron chi connectivity index (χ1n) is 6.21. The summed E-state index contributed by atoms with van der Waals surface area (Å²) in [5, 5.41) is 3.38. The van der Waals surface area contributed by atoms with E-state index in [-0.39, 0.29) is 18.1 Å². The molecule has 1 aliphatic carbocycles. The van der Waals surface area contributed by atoms with E-state index in [1.54, 1.807) is 0 Å². The van der Waals surface area contributed by atoms with Gasteiger partial charge in [-0.05, 0) is 37.3 Å². The summed E-state index contributed by atoms with van der Waals surface area (Å²) in [6.45, 7) is 2.07. The van der Waals surface area contributed by atoms with Crippen molar-refractivity contribution in [2.45, 2.75) is 31.8 Å². The van der Waals surface area contributed by atoms with Crippen molar-refractivity contribution < 1.29 is 9.53 Å². The fourth-order valence-corrected chi connectivity index (χ4v) is 2.77. The number of ether oxygens (including phenoxy) is 1. The highest BCUT2D eigenvalue weighted by Gasteiger charge is 2.37. The van der Waals surface area contributed by atoms with E-state index in [0.717, 1.165) is 22.9 Å². The average molecular weight is 312 g/mol. The fourth-order valence-electron chi connectivity index (χ4n) is 2.14. The highest BCUT2D eigenvalue weighted by Crippen LogP contribution is 2.34.